The standard InChI is InChI=1S/C18H19N3O3S/c1-13-19-18(24-21-13)12-23-15-9-7-14(8-10-15)20-17(22)6-2-4-16-5-3-11-25-16/h3,5,7-11H,2,4,6,12H2,1H3,(H,20,22). The summed E-state index contributed by atoms with van der Waals surface area (Å²) in [7, 11) is 0. The van der Waals surface area contributed by atoms with E-state index in [4.69, 9.17) is 9.26 Å². The Bertz CT molecular complexity index is 797. The summed E-state index contributed by atoms with van der Waals surface area (Å²) in [6, 6.07) is 11.3. The fraction of sp³-hybridized carbons (Fsp3) is 0.278. The van der Waals surface area contributed by atoms with E-state index < -0.39 is 0 Å². The lowest BCUT2D eigenvalue weighted by Crippen LogP contribution is -2.11. The molecule has 0 bridgehead atoms. The van der Waals surface area contributed by atoms with Crippen LogP contribution >= 0.6 is 11.3 Å². The average molecular weight is 357 g/mol. The highest BCUT2D eigenvalue weighted by Gasteiger charge is 2.05. The molecule has 3 rings (SSSR count). The van der Waals surface area contributed by atoms with E-state index in [9.17, 15) is 4.79 Å². The molecule has 0 spiro atoms. The monoisotopic (exact) mass is 357 g/mol. The van der Waals surface area contributed by atoms with Crippen LogP contribution in [0.15, 0.2) is 46.3 Å². The Morgan fingerprint density at radius 1 is 1.28 bits per heavy atom. The number of carbonyl (C=O) groups is 1. The third-order valence-electron chi connectivity index (χ3n) is 3.48. The van der Waals surface area contributed by atoms with Gasteiger partial charge in [-0.2, -0.15) is 4.98 Å². The number of benzene rings is 1. The molecule has 0 saturated heterocycles. The van der Waals surface area contributed by atoms with Crippen LogP contribution in [0.5, 0.6) is 5.75 Å². The predicted octanol–water partition coefficient (Wildman–Crippen LogP) is 3.98. The van der Waals surface area contributed by atoms with Gasteiger partial charge in [0.15, 0.2) is 12.4 Å². The molecule has 7 heteroatoms. The van der Waals surface area contributed by atoms with Gasteiger partial charge in [-0.3, -0.25) is 4.79 Å². The molecule has 0 unspecified atom stereocenters. The van der Waals surface area contributed by atoms with Gasteiger partial charge in [0.2, 0.25) is 5.91 Å². The number of carbonyl (C=O) groups excluding carboxylic acids is 1. The molecule has 0 saturated carbocycles. The van der Waals surface area contributed by atoms with Gasteiger partial charge in [-0.05, 0) is 55.5 Å². The van der Waals surface area contributed by atoms with E-state index in [-0.39, 0.29) is 12.5 Å². The van der Waals surface area contributed by atoms with E-state index in [1.807, 2.05) is 18.2 Å². The Kier molecular flexibility index (Phi) is 5.79. The fourth-order valence-corrected chi connectivity index (χ4v) is 3.03. The molecule has 1 N–H and O–H groups in total. The number of thiophene rings is 1. The van der Waals surface area contributed by atoms with Crippen LogP contribution in [-0.2, 0) is 17.8 Å². The number of aromatic nitrogens is 2. The number of hydrogen-bond donors (Lipinski definition) is 1. The number of hydrogen-bond acceptors (Lipinski definition) is 6. The van der Waals surface area contributed by atoms with E-state index >= 15 is 0 Å². The molecule has 130 valence electrons. The molecule has 25 heavy (non-hydrogen) atoms. The Balaban J connectivity index is 1.41. The molecule has 0 aliphatic rings. The van der Waals surface area contributed by atoms with Crippen molar-refractivity contribution in [1.82, 2.24) is 10.1 Å². The second-order valence-electron chi connectivity index (χ2n) is 5.53. The molecule has 2 aromatic heterocycles. The average Bonchev–Trinajstić information content (AvgIpc) is 3.26. The summed E-state index contributed by atoms with van der Waals surface area (Å²) < 4.78 is 10.5. The maximum atomic E-state index is 12.0. The van der Waals surface area contributed by atoms with Crippen LogP contribution in [0.4, 0.5) is 5.69 Å². The minimum absolute atomic E-state index is 0.0200. The molecular weight excluding hydrogens is 338 g/mol. The topological polar surface area (TPSA) is 77.3 Å². The molecule has 0 atom stereocenters. The number of anilines is 1. The Labute approximate surface area is 149 Å². The minimum atomic E-state index is 0.0200. The van der Waals surface area contributed by atoms with Crippen LogP contribution in [0, 0.1) is 6.92 Å². The summed E-state index contributed by atoms with van der Waals surface area (Å²) in [6.45, 7) is 1.97. The second-order valence-corrected chi connectivity index (χ2v) is 6.56. The Morgan fingerprint density at radius 2 is 2.12 bits per heavy atom. The maximum absolute atomic E-state index is 12.0. The van der Waals surface area contributed by atoms with Gasteiger partial charge in [-0.15, -0.1) is 11.3 Å². The highest BCUT2D eigenvalue weighted by Crippen LogP contribution is 2.17. The summed E-state index contributed by atoms with van der Waals surface area (Å²) in [5, 5.41) is 8.65. The van der Waals surface area contributed by atoms with Crippen LogP contribution in [0.3, 0.4) is 0 Å². The Hall–Kier alpha value is -2.67. The van der Waals surface area contributed by atoms with Crippen LogP contribution in [0.2, 0.25) is 0 Å². The number of ether oxygens (including phenoxy) is 1. The van der Waals surface area contributed by atoms with Gasteiger partial charge in [0.05, 0.1) is 0 Å². The van der Waals surface area contributed by atoms with E-state index in [1.165, 1.54) is 4.88 Å². The normalized spacial score (nSPS) is 10.6. The summed E-state index contributed by atoms with van der Waals surface area (Å²) in [5.74, 6) is 1.70. The first-order valence-corrected chi connectivity index (χ1v) is 8.91. The number of rotatable bonds is 8. The molecule has 0 aliphatic carbocycles. The van der Waals surface area contributed by atoms with Crippen molar-refractivity contribution in [2.45, 2.75) is 32.8 Å². The summed E-state index contributed by atoms with van der Waals surface area (Å²) >= 11 is 1.72. The lowest BCUT2D eigenvalue weighted by atomic mass is 10.2. The van der Waals surface area contributed by atoms with Crippen LogP contribution in [0.25, 0.3) is 0 Å². The lowest BCUT2D eigenvalue weighted by Gasteiger charge is -2.07. The number of nitrogens with zero attached hydrogens (tertiary/aromatic N) is 2. The van der Waals surface area contributed by atoms with Gasteiger partial charge < -0.3 is 14.6 Å². The van der Waals surface area contributed by atoms with Crippen molar-refractivity contribution in [3.63, 3.8) is 0 Å². The zero-order valence-corrected chi connectivity index (χ0v) is 14.7. The third-order valence-corrected chi connectivity index (χ3v) is 4.41. The number of amides is 1. The highest BCUT2D eigenvalue weighted by atomic mass is 32.1. The van der Waals surface area contributed by atoms with Crippen LogP contribution < -0.4 is 10.1 Å². The van der Waals surface area contributed by atoms with Gasteiger partial charge in [0.25, 0.3) is 5.89 Å². The van der Waals surface area contributed by atoms with Crippen molar-refractivity contribution >= 4 is 22.9 Å². The van der Waals surface area contributed by atoms with Gasteiger partial charge in [-0.1, -0.05) is 11.2 Å². The summed E-state index contributed by atoms with van der Waals surface area (Å²) in [4.78, 5) is 17.4. The quantitative estimate of drug-likeness (QED) is 0.660. The van der Waals surface area contributed by atoms with Crippen molar-refractivity contribution in [3.05, 3.63) is 58.4 Å². The molecule has 0 fully saturated rings. The molecule has 0 radical (unpaired) electrons. The number of nitrogens with one attached hydrogen (secondary N) is 1. The van der Waals surface area contributed by atoms with Crippen LogP contribution in [0.1, 0.15) is 29.4 Å². The van der Waals surface area contributed by atoms with Crippen molar-refractivity contribution in [3.8, 4) is 5.75 Å². The fourth-order valence-electron chi connectivity index (χ4n) is 2.28. The molecular formula is C18H19N3O3S. The molecule has 1 amide bonds. The zero-order chi connectivity index (χ0) is 17.5. The van der Waals surface area contributed by atoms with E-state index in [0.717, 1.165) is 18.5 Å². The first kappa shape index (κ1) is 17.2. The van der Waals surface area contributed by atoms with Gasteiger partial charge in [0, 0.05) is 17.0 Å². The van der Waals surface area contributed by atoms with Gasteiger partial charge in [-0.25, -0.2) is 0 Å². The molecule has 3 aromatic rings. The van der Waals surface area contributed by atoms with Crippen molar-refractivity contribution in [2.75, 3.05) is 5.32 Å². The first-order valence-electron chi connectivity index (χ1n) is 8.03. The van der Waals surface area contributed by atoms with Gasteiger partial charge >= 0.3 is 0 Å². The van der Waals surface area contributed by atoms with Crippen molar-refractivity contribution < 1.29 is 14.1 Å². The Morgan fingerprint density at radius 3 is 2.80 bits per heavy atom. The smallest absolute Gasteiger partial charge is 0.264 e. The van der Waals surface area contributed by atoms with Crippen molar-refractivity contribution in [2.24, 2.45) is 0 Å². The third kappa shape index (κ3) is 5.42. The van der Waals surface area contributed by atoms with E-state index in [1.54, 1.807) is 30.4 Å². The van der Waals surface area contributed by atoms with E-state index in [0.29, 0.717) is 23.9 Å². The minimum Gasteiger partial charge on any atom is -0.484 e. The summed E-state index contributed by atoms with van der Waals surface area (Å²) in [6.07, 6.45) is 2.29. The second kappa shape index (κ2) is 8.43. The molecule has 0 aliphatic heterocycles. The SMILES string of the molecule is Cc1noc(COc2ccc(NC(=O)CCCc3cccs3)cc2)n1. The zero-order valence-electron chi connectivity index (χ0n) is 13.9. The first-order chi connectivity index (χ1) is 12.2. The molecule has 2 heterocycles. The summed E-state index contributed by atoms with van der Waals surface area (Å²) in [5.41, 5.74) is 0.752. The van der Waals surface area contributed by atoms with Gasteiger partial charge in [0.1, 0.15) is 5.75 Å². The highest BCUT2D eigenvalue weighted by molar-refractivity contribution is 7.09. The largest absolute Gasteiger partial charge is 0.484 e. The lowest BCUT2D eigenvalue weighted by molar-refractivity contribution is -0.116. The van der Waals surface area contributed by atoms with Crippen molar-refractivity contribution in [1.29, 1.82) is 0 Å². The number of aryl methyl sites for hydroxylation is 2. The molecule has 6 nitrogen and oxygen atoms in total. The van der Waals surface area contributed by atoms with Crippen LogP contribution in [-0.4, -0.2) is 16.0 Å². The maximum Gasteiger partial charge on any atom is 0.264 e. The predicted molar refractivity (Wildman–Crippen MR) is 95.7 cm³/mol. The van der Waals surface area contributed by atoms with E-state index in [2.05, 4.69) is 26.9 Å². The molecule has 1 aromatic carbocycles.